The minimum atomic E-state index is 0.158. The van der Waals surface area contributed by atoms with Gasteiger partial charge in [-0.25, -0.2) is 9.97 Å². The molecule has 2 aliphatic rings. The van der Waals surface area contributed by atoms with Crippen molar-refractivity contribution in [3.8, 4) is 11.1 Å². The first kappa shape index (κ1) is 16.5. The maximum atomic E-state index is 12.5. The standard InChI is InChI=1S/C20H21N5O2/c1-24-9-15(8-22-24)13-2-3-14-7-21-20(23-19(14)4-13)6-17(26)10-25-11-18-5-16(25)12-27-18/h2-4,7-9,16,18H,5-6,10-12H2,1H3/t16-,18-/m1/s1. The Balaban J connectivity index is 1.33. The van der Waals surface area contributed by atoms with Gasteiger partial charge in [0.05, 0.1) is 37.4 Å². The topological polar surface area (TPSA) is 73.1 Å². The van der Waals surface area contributed by atoms with E-state index in [1.807, 2.05) is 37.6 Å². The summed E-state index contributed by atoms with van der Waals surface area (Å²) in [7, 11) is 1.90. The van der Waals surface area contributed by atoms with Crippen molar-refractivity contribution in [2.45, 2.75) is 25.0 Å². The quantitative estimate of drug-likeness (QED) is 0.686. The van der Waals surface area contributed by atoms with E-state index < -0.39 is 0 Å². The molecular formula is C20H21N5O2. The highest BCUT2D eigenvalue weighted by molar-refractivity contribution is 5.85. The third-order valence-corrected chi connectivity index (χ3v) is 5.42. The van der Waals surface area contributed by atoms with Crippen molar-refractivity contribution in [1.29, 1.82) is 0 Å². The molecule has 7 nitrogen and oxygen atoms in total. The van der Waals surface area contributed by atoms with Crippen LogP contribution < -0.4 is 0 Å². The van der Waals surface area contributed by atoms with Gasteiger partial charge < -0.3 is 4.74 Å². The molecule has 2 fully saturated rings. The van der Waals surface area contributed by atoms with Gasteiger partial charge in [0.25, 0.3) is 0 Å². The highest BCUT2D eigenvalue weighted by atomic mass is 16.5. The molecule has 0 N–H and O–H groups in total. The first-order valence-corrected chi connectivity index (χ1v) is 9.26. The van der Waals surface area contributed by atoms with Crippen molar-refractivity contribution in [2.24, 2.45) is 7.05 Å². The summed E-state index contributed by atoms with van der Waals surface area (Å²) in [6, 6.07) is 6.47. The number of carbonyl (C=O) groups is 1. The number of benzene rings is 1. The van der Waals surface area contributed by atoms with Crippen LogP contribution in [0.2, 0.25) is 0 Å². The molecule has 4 heterocycles. The number of Topliss-reactive ketones (excluding diaryl/α,β-unsaturated/α-hetero) is 1. The Labute approximate surface area is 157 Å². The van der Waals surface area contributed by atoms with Gasteiger partial charge >= 0.3 is 0 Å². The van der Waals surface area contributed by atoms with E-state index in [0.29, 0.717) is 24.5 Å². The summed E-state index contributed by atoms with van der Waals surface area (Å²) in [5, 5.41) is 5.19. The number of rotatable bonds is 5. The van der Waals surface area contributed by atoms with Crippen LogP contribution in [0.3, 0.4) is 0 Å². The molecule has 27 heavy (non-hydrogen) atoms. The lowest BCUT2D eigenvalue weighted by Gasteiger charge is -2.25. The normalized spacial score (nSPS) is 22.0. The lowest BCUT2D eigenvalue weighted by molar-refractivity contribution is -0.120. The smallest absolute Gasteiger partial charge is 0.154 e. The maximum absolute atomic E-state index is 12.5. The lowest BCUT2D eigenvalue weighted by atomic mass is 10.1. The van der Waals surface area contributed by atoms with Crippen LogP contribution in [0.5, 0.6) is 0 Å². The highest BCUT2D eigenvalue weighted by Gasteiger charge is 2.39. The number of likely N-dealkylation sites (tertiary alicyclic amines) is 1. The summed E-state index contributed by atoms with van der Waals surface area (Å²) in [5.74, 6) is 0.738. The zero-order valence-electron chi connectivity index (χ0n) is 15.2. The van der Waals surface area contributed by atoms with Crippen molar-refractivity contribution >= 4 is 16.7 Å². The molecule has 2 atom stereocenters. The zero-order chi connectivity index (χ0) is 18.4. The predicted octanol–water partition coefficient (Wildman–Crippen LogP) is 1.61. The number of hydrogen-bond acceptors (Lipinski definition) is 6. The van der Waals surface area contributed by atoms with Crippen LogP contribution in [0.15, 0.2) is 36.8 Å². The second-order valence-electron chi connectivity index (χ2n) is 7.45. The number of ketones is 1. The summed E-state index contributed by atoms with van der Waals surface area (Å²) in [4.78, 5) is 23.7. The molecule has 0 amide bonds. The average Bonchev–Trinajstić information content (AvgIpc) is 3.38. The number of aryl methyl sites for hydroxylation is 1. The molecule has 0 saturated carbocycles. The number of carbonyl (C=O) groups excluding carboxylic acids is 1. The van der Waals surface area contributed by atoms with Gasteiger partial charge in [-0.15, -0.1) is 0 Å². The summed E-state index contributed by atoms with van der Waals surface area (Å²) in [5.41, 5.74) is 2.95. The molecule has 2 bridgehead atoms. The Hall–Kier alpha value is -2.64. The third-order valence-electron chi connectivity index (χ3n) is 5.42. The third kappa shape index (κ3) is 3.24. The van der Waals surface area contributed by atoms with Crippen molar-refractivity contribution in [3.63, 3.8) is 0 Å². The molecular weight excluding hydrogens is 342 g/mol. The van der Waals surface area contributed by atoms with E-state index in [9.17, 15) is 4.79 Å². The molecule has 5 rings (SSSR count). The van der Waals surface area contributed by atoms with Gasteiger partial charge in [-0.05, 0) is 18.1 Å². The zero-order valence-corrected chi connectivity index (χ0v) is 15.2. The first-order valence-electron chi connectivity index (χ1n) is 9.26. The fourth-order valence-corrected chi connectivity index (χ4v) is 4.03. The summed E-state index contributed by atoms with van der Waals surface area (Å²) >= 11 is 0. The Morgan fingerprint density at radius 1 is 1.30 bits per heavy atom. The van der Waals surface area contributed by atoms with E-state index in [0.717, 1.165) is 41.6 Å². The van der Waals surface area contributed by atoms with Gasteiger partial charge in [-0.2, -0.15) is 5.10 Å². The van der Waals surface area contributed by atoms with E-state index in [-0.39, 0.29) is 12.2 Å². The van der Waals surface area contributed by atoms with Crippen molar-refractivity contribution in [1.82, 2.24) is 24.6 Å². The molecule has 2 aromatic heterocycles. The van der Waals surface area contributed by atoms with E-state index >= 15 is 0 Å². The molecule has 0 unspecified atom stereocenters. The fraction of sp³-hybridized carbons (Fsp3) is 0.400. The number of ether oxygens (including phenoxy) is 1. The van der Waals surface area contributed by atoms with E-state index in [2.05, 4.69) is 20.0 Å². The highest BCUT2D eigenvalue weighted by Crippen LogP contribution is 2.27. The van der Waals surface area contributed by atoms with Gasteiger partial charge in [0.2, 0.25) is 0 Å². The van der Waals surface area contributed by atoms with Gasteiger partial charge in [-0.3, -0.25) is 14.4 Å². The number of nitrogens with zero attached hydrogens (tertiary/aromatic N) is 5. The minimum Gasteiger partial charge on any atom is -0.375 e. The molecule has 7 heteroatoms. The van der Waals surface area contributed by atoms with Crippen LogP contribution >= 0.6 is 0 Å². The van der Waals surface area contributed by atoms with Gasteiger partial charge in [0.1, 0.15) is 5.82 Å². The number of morpholine rings is 1. The molecule has 1 aromatic carbocycles. The molecule has 0 spiro atoms. The van der Waals surface area contributed by atoms with Crippen LogP contribution in [-0.2, 0) is 23.0 Å². The maximum Gasteiger partial charge on any atom is 0.154 e. The monoisotopic (exact) mass is 363 g/mol. The van der Waals surface area contributed by atoms with E-state index in [4.69, 9.17) is 4.74 Å². The summed E-state index contributed by atoms with van der Waals surface area (Å²) < 4.78 is 7.37. The number of hydrogen-bond donors (Lipinski definition) is 0. The summed E-state index contributed by atoms with van der Waals surface area (Å²) in [6.45, 7) is 2.08. The molecule has 2 aliphatic heterocycles. The second kappa shape index (κ2) is 6.51. The molecule has 0 radical (unpaired) electrons. The van der Waals surface area contributed by atoms with Crippen LogP contribution in [0, 0.1) is 0 Å². The van der Waals surface area contributed by atoms with Crippen LogP contribution in [-0.4, -0.2) is 62.3 Å². The second-order valence-corrected chi connectivity index (χ2v) is 7.45. The Bertz CT molecular complexity index is 1010. The lowest BCUT2D eigenvalue weighted by Crippen LogP contribution is -2.40. The molecule has 0 aliphatic carbocycles. The number of fused-ring (bicyclic) bond motifs is 3. The van der Waals surface area contributed by atoms with Crippen LogP contribution in [0.1, 0.15) is 12.2 Å². The SMILES string of the molecule is Cn1cc(-c2ccc3cnc(CC(=O)CN4C[C@H]5C[C@@H]4CO5)nc3c2)cn1. The van der Waals surface area contributed by atoms with Crippen molar-refractivity contribution in [3.05, 3.63) is 42.6 Å². The van der Waals surface area contributed by atoms with E-state index in [1.165, 1.54) is 0 Å². The Morgan fingerprint density at radius 3 is 2.96 bits per heavy atom. The molecule has 3 aromatic rings. The van der Waals surface area contributed by atoms with Crippen molar-refractivity contribution in [2.75, 3.05) is 19.7 Å². The number of aromatic nitrogens is 4. The largest absolute Gasteiger partial charge is 0.375 e. The average molecular weight is 363 g/mol. The Morgan fingerprint density at radius 2 is 2.22 bits per heavy atom. The van der Waals surface area contributed by atoms with Crippen LogP contribution in [0.4, 0.5) is 0 Å². The predicted molar refractivity (Wildman–Crippen MR) is 100 cm³/mol. The first-order chi connectivity index (χ1) is 13.1. The molecule has 138 valence electrons. The van der Waals surface area contributed by atoms with Crippen molar-refractivity contribution < 1.29 is 9.53 Å². The van der Waals surface area contributed by atoms with E-state index in [1.54, 1.807) is 10.9 Å². The van der Waals surface area contributed by atoms with Gasteiger partial charge in [-0.1, -0.05) is 12.1 Å². The van der Waals surface area contributed by atoms with Gasteiger partial charge in [0, 0.05) is 43.0 Å². The Kier molecular flexibility index (Phi) is 3.98. The van der Waals surface area contributed by atoms with Crippen LogP contribution in [0.25, 0.3) is 22.0 Å². The van der Waals surface area contributed by atoms with Gasteiger partial charge in [0.15, 0.2) is 5.78 Å². The summed E-state index contributed by atoms with van der Waals surface area (Å²) in [6.07, 6.45) is 7.23. The molecule has 2 saturated heterocycles. The fourth-order valence-electron chi connectivity index (χ4n) is 4.03. The minimum absolute atomic E-state index is 0.158.